The molecular weight excluding hydrogens is 826 g/mol. The average Bonchev–Trinajstić information content (AvgIpc) is 3.99. The number of aromatic nitrogens is 1. The third kappa shape index (κ3) is 5.47. The van der Waals surface area contributed by atoms with Crippen LogP contribution < -0.4 is 9.64 Å². The first-order valence-corrected chi connectivity index (χ1v) is 23.1. The monoisotopic (exact) mass is 883 g/mol. The van der Waals surface area contributed by atoms with Gasteiger partial charge in [-0.1, -0.05) is 44.2 Å². The van der Waals surface area contributed by atoms with Gasteiger partial charge in [-0.15, -0.1) is 11.6 Å². The number of anilines is 1. The van der Waals surface area contributed by atoms with E-state index in [2.05, 4.69) is 39.1 Å². The molecule has 3 saturated heterocycles. The number of amides is 2. The lowest BCUT2D eigenvalue weighted by atomic mass is 9.47. The van der Waals surface area contributed by atoms with E-state index in [1.54, 1.807) is 7.11 Å². The van der Waals surface area contributed by atoms with Crippen LogP contribution in [0.5, 0.6) is 5.75 Å². The third-order valence-corrected chi connectivity index (χ3v) is 16.6. The molecule has 1 aromatic heterocycles. The molecule has 7 aliphatic rings. The number of halogens is 1. The smallest absolute Gasteiger partial charge is 0.417 e. The Balaban J connectivity index is 1.28. The molecule has 6 aliphatic heterocycles. The topological polar surface area (TPSA) is 154 Å². The summed E-state index contributed by atoms with van der Waals surface area (Å²) in [5.74, 6) is -1.29. The number of alkyl halides is 1. The highest BCUT2D eigenvalue weighted by molar-refractivity contribution is 6.18. The van der Waals surface area contributed by atoms with Crippen molar-refractivity contribution in [1.82, 2.24) is 19.7 Å². The molecule has 14 nitrogen and oxygen atoms in total. The number of esters is 2. The fourth-order valence-corrected chi connectivity index (χ4v) is 14.4. The van der Waals surface area contributed by atoms with Crippen LogP contribution in [0, 0.1) is 11.3 Å². The van der Waals surface area contributed by atoms with E-state index in [1.165, 1.54) is 14.0 Å². The predicted octanol–water partition coefficient (Wildman–Crippen LogP) is 5.04. The van der Waals surface area contributed by atoms with E-state index in [0.29, 0.717) is 82.6 Å². The number of likely N-dealkylation sites (N-methyl/N-ethyl adjacent to an activating group) is 1. The maximum atomic E-state index is 15.5. The van der Waals surface area contributed by atoms with Crippen molar-refractivity contribution in [3.05, 3.63) is 70.9 Å². The van der Waals surface area contributed by atoms with E-state index in [9.17, 15) is 14.7 Å². The largest absolute Gasteiger partial charge is 0.496 e. The van der Waals surface area contributed by atoms with Gasteiger partial charge in [0.2, 0.25) is 0 Å². The second-order valence-electron chi connectivity index (χ2n) is 19.2. The van der Waals surface area contributed by atoms with Crippen molar-refractivity contribution in [1.29, 1.82) is 0 Å². The Bertz CT molecular complexity index is 2460. The number of rotatable bonds is 8. The SMILES string of the molecule is CC[C@]1(O)CC2CN(CCc3c([nH]c4ccccc34)[C@@](C(=O)OC)(c3cc4c(cc3OC)N(C)[C@H]3[C@]5(OC(=O)N(CCCl)C5=O)[C@H](OC(C)=O)[C@]5(CC)C=CCN6CC[C@]43[C@@H]65)C2)C1. The summed E-state index contributed by atoms with van der Waals surface area (Å²) in [4.78, 5) is 69.9. The number of fused-ring (bicyclic) bond motifs is 7. The molecule has 10 atom stereocenters. The van der Waals surface area contributed by atoms with Gasteiger partial charge in [-0.25, -0.2) is 9.69 Å². The van der Waals surface area contributed by atoms with E-state index in [1.807, 2.05) is 50.1 Å². The summed E-state index contributed by atoms with van der Waals surface area (Å²) >= 11 is 6.24. The number of ether oxygens (including phenoxy) is 4. The second-order valence-corrected chi connectivity index (χ2v) is 19.6. The normalized spacial score (nSPS) is 36.5. The van der Waals surface area contributed by atoms with Gasteiger partial charge in [0.25, 0.3) is 11.5 Å². The number of piperidine rings is 1. The van der Waals surface area contributed by atoms with E-state index in [-0.39, 0.29) is 24.4 Å². The van der Waals surface area contributed by atoms with E-state index in [4.69, 9.17) is 30.5 Å². The maximum Gasteiger partial charge on any atom is 0.417 e. The number of hydrogen-bond donors (Lipinski definition) is 2. The van der Waals surface area contributed by atoms with Crippen molar-refractivity contribution in [2.45, 2.75) is 99.5 Å². The Kier molecular flexibility index (Phi) is 9.87. The molecule has 15 heteroatoms. The van der Waals surface area contributed by atoms with Crippen LogP contribution in [0.2, 0.25) is 0 Å². The van der Waals surface area contributed by atoms with Crippen LogP contribution in [-0.4, -0.2) is 145 Å². The molecule has 0 radical (unpaired) electrons. The lowest BCUT2D eigenvalue weighted by Crippen LogP contribution is -2.81. The van der Waals surface area contributed by atoms with Crippen LogP contribution in [0.25, 0.3) is 10.9 Å². The van der Waals surface area contributed by atoms with Crippen LogP contribution in [0.15, 0.2) is 48.6 Å². The summed E-state index contributed by atoms with van der Waals surface area (Å²) in [6.07, 6.45) is 5.22. The molecule has 2 unspecified atom stereocenters. The fourth-order valence-electron chi connectivity index (χ4n) is 14.2. The van der Waals surface area contributed by atoms with E-state index >= 15 is 9.59 Å². The number of carbonyl (C=O) groups is 4. The number of aliphatic hydroxyl groups is 1. The molecule has 7 heterocycles. The van der Waals surface area contributed by atoms with Crippen molar-refractivity contribution in [2.24, 2.45) is 11.3 Å². The second kappa shape index (κ2) is 14.7. The fraction of sp³-hybridized carbons (Fsp3) is 0.583. The lowest BCUT2D eigenvalue weighted by molar-refractivity contribution is -0.210. The van der Waals surface area contributed by atoms with Gasteiger partial charge in [0.05, 0.1) is 25.9 Å². The molecule has 2 bridgehead atoms. The molecule has 10 rings (SSSR count). The Morgan fingerprint density at radius 2 is 1.84 bits per heavy atom. The van der Waals surface area contributed by atoms with Gasteiger partial charge >= 0.3 is 18.0 Å². The minimum atomic E-state index is -1.97. The Morgan fingerprint density at radius 3 is 2.56 bits per heavy atom. The zero-order chi connectivity index (χ0) is 44.4. The first kappa shape index (κ1) is 42.3. The molecule has 2 aromatic carbocycles. The minimum absolute atomic E-state index is 0.00340. The highest BCUT2D eigenvalue weighted by Gasteiger charge is 2.84. The van der Waals surface area contributed by atoms with Gasteiger partial charge < -0.3 is 33.9 Å². The summed E-state index contributed by atoms with van der Waals surface area (Å²) in [5, 5.41) is 13.1. The zero-order valence-corrected chi connectivity index (χ0v) is 37.8. The average molecular weight is 884 g/mol. The number of methoxy groups -OCH3 is 2. The molecular formula is C48H58ClN5O9. The molecule has 1 aliphatic carbocycles. The number of carbonyl (C=O) groups excluding carboxylic acids is 4. The standard InChI is InChI=1S/C48H58ClN5O9/c1-7-44(59)24-29-25-47(42(57)61-6,37-31(14-19-52(26-29)27-44)30-12-9-10-13-34(30)50-37)33-22-32-35(23-36(33)60-5)51(4)39-46(32)16-20-53-18-11-15-45(8-2,38(46)53)40(62-28(3)55)48(39)41(56)54(21-17-49)43(58)63-48/h9-13,15,22-23,29,38-40,50,59H,7-8,14,16-21,24-27H2,1-6H3/t29?,38-,39+,40+,44-,45+,46+,47-,48-/m0/s1. The van der Waals surface area contributed by atoms with Crippen LogP contribution in [0.4, 0.5) is 10.5 Å². The first-order valence-electron chi connectivity index (χ1n) is 22.5. The summed E-state index contributed by atoms with van der Waals surface area (Å²) in [5.41, 5.74) is -1.32. The minimum Gasteiger partial charge on any atom is -0.496 e. The molecule has 2 spiro atoms. The maximum absolute atomic E-state index is 15.5. The highest BCUT2D eigenvalue weighted by atomic mass is 35.5. The quantitative estimate of drug-likeness (QED) is 0.135. The lowest BCUT2D eigenvalue weighted by Gasteiger charge is -2.63. The Hall–Kier alpha value is -4.63. The number of H-pyrrole nitrogens is 1. The summed E-state index contributed by atoms with van der Waals surface area (Å²) in [6, 6.07) is 11.1. The van der Waals surface area contributed by atoms with Gasteiger partial charge in [0.15, 0.2) is 6.10 Å². The number of hydrogen-bond acceptors (Lipinski definition) is 12. The number of aromatic amines is 1. The Morgan fingerprint density at radius 1 is 1.05 bits per heavy atom. The first-order chi connectivity index (χ1) is 30.2. The number of benzene rings is 2. The molecule has 4 fully saturated rings. The number of para-hydroxylation sites is 1. The van der Waals surface area contributed by atoms with E-state index in [0.717, 1.165) is 38.3 Å². The van der Waals surface area contributed by atoms with Crippen LogP contribution in [-0.2, 0) is 45.8 Å². The molecule has 2 amide bonds. The number of imide groups is 1. The number of nitrogens with zero attached hydrogens (tertiary/aromatic N) is 4. The van der Waals surface area contributed by atoms with E-state index < -0.39 is 63.5 Å². The predicted molar refractivity (Wildman–Crippen MR) is 235 cm³/mol. The molecule has 2 N–H and O–H groups in total. The summed E-state index contributed by atoms with van der Waals surface area (Å²) in [7, 11) is 4.94. The van der Waals surface area contributed by atoms with Crippen molar-refractivity contribution in [3.63, 3.8) is 0 Å². The highest BCUT2D eigenvalue weighted by Crippen LogP contribution is 2.69. The van der Waals surface area contributed by atoms with Crippen LogP contribution in [0.1, 0.15) is 75.3 Å². The van der Waals surface area contributed by atoms with Crippen molar-refractivity contribution in [3.8, 4) is 5.75 Å². The van der Waals surface area contributed by atoms with Gasteiger partial charge in [-0.3, -0.25) is 24.2 Å². The summed E-state index contributed by atoms with van der Waals surface area (Å²) in [6.45, 7) is 8.54. The van der Waals surface area contributed by atoms with Gasteiger partial charge in [-0.2, -0.15) is 0 Å². The summed E-state index contributed by atoms with van der Waals surface area (Å²) < 4.78 is 25.4. The van der Waals surface area contributed by atoms with Gasteiger partial charge in [-0.05, 0) is 74.2 Å². The van der Waals surface area contributed by atoms with Crippen LogP contribution >= 0.6 is 11.6 Å². The van der Waals surface area contributed by atoms with Gasteiger partial charge in [0, 0.05) is 103 Å². The molecule has 336 valence electrons. The van der Waals surface area contributed by atoms with Crippen molar-refractivity contribution < 1.29 is 43.2 Å². The van der Waals surface area contributed by atoms with Crippen molar-refractivity contribution >= 4 is 52.1 Å². The van der Waals surface area contributed by atoms with Crippen LogP contribution in [0.3, 0.4) is 0 Å². The zero-order valence-electron chi connectivity index (χ0n) is 37.0. The molecule has 63 heavy (non-hydrogen) atoms. The molecule has 1 saturated carbocycles. The van der Waals surface area contributed by atoms with Crippen molar-refractivity contribution in [2.75, 3.05) is 71.3 Å². The Labute approximate surface area is 372 Å². The third-order valence-electron chi connectivity index (χ3n) is 16.4. The number of nitrogens with one attached hydrogen (secondary N) is 1. The molecule has 3 aromatic rings. The van der Waals surface area contributed by atoms with Gasteiger partial charge in [0.1, 0.15) is 11.2 Å².